The van der Waals surface area contributed by atoms with E-state index in [1.165, 1.54) is 0 Å². The fourth-order valence-electron chi connectivity index (χ4n) is 1.78. The van der Waals surface area contributed by atoms with Gasteiger partial charge in [0.05, 0.1) is 17.5 Å². The van der Waals surface area contributed by atoms with Gasteiger partial charge in [0.2, 0.25) is 5.95 Å². The molecule has 4 N–H and O–H groups in total. The van der Waals surface area contributed by atoms with Crippen LogP contribution in [-0.2, 0) is 4.74 Å². The number of hydrogen-bond donors (Lipinski definition) is 2. The summed E-state index contributed by atoms with van der Waals surface area (Å²) in [5.41, 5.74) is 12.1. The second kappa shape index (κ2) is 5.05. The van der Waals surface area contributed by atoms with Crippen LogP contribution in [0.2, 0.25) is 0 Å². The van der Waals surface area contributed by atoms with Gasteiger partial charge < -0.3 is 20.9 Å². The van der Waals surface area contributed by atoms with Crippen LogP contribution >= 0.6 is 0 Å². The fourth-order valence-corrected chi connectivity index (χ4v) is 1.78. The predicted molar refractivity (Wildman–Crippen MR) is 70.3 cm³/mol. The summed E-state index contributed by atoms with van der Waals surface area (Å²) >= 11 is 0. The van der Waals surface area contributed by atoms with Crippen LogP contribution in [0.25, 0.3) is 10.9 Å². The molecule has 0 aliphatic carbocycles. The molecule has 6 heteroatoms. The van der Waals surface area contributed by atoms with Crippen LogP contribution in [-0.4, -0.2) is 29.8 Å². The highest BCUT2D eigenvalue weighted by Crippen LogP contribution is 2.29. The zero-order valence-electron chi connectivity index (χ0n) is 10.4. The molecular weight excluding hydrogens is 232 g/mol. The number of anilines is 2. The number of fused-ring (bicyclic) bond motifs is 1. The van der Waals surface area contributed by atoms with Gasteiger partial charge in [0.1, 0.15) is 17.7 Å². The van der Waals surface area contributed by atoms with Gasteiger partial charge in [0, 0.05) is 7.11 Å². The summed E-state index contributed by atoms with van der Waals surface area (Å²) in [5.74, 6) is 1.11. The zero-order chi connectivity index (χ0) is 13.1. The molecule has 0 radical (unpaired) electrons. The predicted octanol–water partition coefficient (Wildman–Crippen LogP) is 1.21. The lowest BCUT2D eigenvalue weighted by Crippen LogP contribution is -2.18. The van der Waals surface area contributed by atoms with Crippen molar-refractivity contribution in [2.45, 2.75) is 13.0 Å². The van der Waals surface area contributed by atoms with Crippen LogP contribution in [0.4, 0.5) is 11.8 Å². The minimum absolute atomic E-state index is 0.0856. The van der Waals surface area contributed by atoms with E-state index in [-0.39, 0.29) is 12.1 Å². The number of methoxy groups -OCH3 is 1. The Morgan fingerprint density at radius 3 is 2.78 bits per heavy atom. The monoisotopic (exact) mass is 248 g/mol. The van der Waals surface area contributed by atoms with E-state index in [1.807, 2.05) is 25.1 Å². The second-order valence-electron chi connectivity index (χ2n) is 4.00. The molecule has 1 unspecified atom stereocenters. The van der Waals surface area contributed by atoms with Gasteiger partial charge in [0.25, 0.3) is 0 Å². The number of rotatable bonds is 4. The van der Waals surface area contributed by atoms with Gasteiger partial charge in [0.15, 0.2) is 0 Å². The van der Waals surface area contributed by atoms with Crippen LogP contribution in [0.3, 0.4) is 0 Å². The highest BCUT2D eigenvalue weighted by atomic mass is 16.5. The molecule has 0 aliphatic heterocycles. The molecule has 96 valence electrons. The molecule has 1 atom stereocenters. The van der Waals surface area contributed by atoms with Crippen molar-refractivity contribution in [1.82, 2.24) is 9.97 Å². The Labute approximate surface area is 105 Å². The van der Waals surface area contributed by atoms with Crippen molar-refractivity contribution in [1.29, 1.82) is 0 Å². The molecule has 1 heterocycles. The van der Waals surface area contributed by atoms with Crippen molar-refractivity contribution in [3.05, 3.63) is 18.2 Å². The third-order valence-electron chi connectivity index (χ3n) is 2.46. The maximum atomic E-state index is 5.87. The Kier molecular flexibility index (Phi) is 3.47. The first kappa shape index (κ1) is 12.4. The molecule has 6 nitrogen and oxygen atoms in total. The minimum Gasteiger partial charge on any atom is -0.487 e. The fraction of sp³-hybridized carbons (Fsp3) is 0.333. The van der Waals surface area contributed by atoms with Crippen molar-refractivity contribution in [2.75, 3.05) is 25.2 Å². The normalized spacial score (nSPS) is 12.6. The highest BCUT2D eigenvalue weighted by molar-refractivity contribution is 5.94. The van der Waals surface area contributed by atoms with Gasteiger partial charge in [-0.3, -0.25) is 0 Å². The first-order valence-corrected chi connectivity index (χ1v) is 5.59. The van der Waals surface area contributed by atoms with Gasteiger partial charge in [-0.05, 0) is 19.1 Å². The smallest absolute Gasteiger partial charge is 0.222 e. The molecule has 2 aromatic rings. The number of ether oxygens (including phenoxy) is 2. The largest absolute Gasteiger partial charge is 0.487 e. The van der Waals surface area contributed by atoms with Crippen LogP contribution in [0.1, 0.15) is 6.92 Å². The van der Waals surface area contributed by atoms with E-state index in [1.54, 1.807) is 7.11 Å². The van der Waals surface area contributed by atoms with E-state index in [2.05, 4.69) is 9.97 Å². The molecule has 0 amide bonds. The lowest BCUT2D eigenvalue weighted by molar-refractivity contribution is 0.0931. The molecule has 0 bridgehead atoms. The van der Waals surface area contributed by atoms with E-state index < -0.39 is 0 Å². The summed E-state index contributed by atoms with van der Waals surface area (Å²) in [6.45, 7) is 2.41. The summed E-state index contributed by atoms with van der Waals surface area (Å²) in [6, 6.07) is 5.48. The Balaban J connectivity index is 2.45. The number of benzene rings is 1. The van der Waals surface area contributed by atoms with E-state index in [0.717, 1.165) is 0 Å². The molecule has 1 aromatic heterocycles. The lowest BCUT2D eigenvalue weighted by atomic mass is 10.2. The van der Waals surface area contributed by atoms with Crippen LogP contribution in [0.5, 0.6) is 5.75 Å². The van der Waals surface area contributed by atoms with Crippen LogP contribution in [0, 0.1) is 0 Å². The molecule has 2 rings (SSSR count). The summed E-state index contributed by atoms with van der Waals surface area (Å²) in [5, 5.41) is 0.676. The maximum absolute atomic E-state index is 5.87. The third kappa shape index (κ3) is 2.43. The number of nitrogens with zero attached hydrogens (tertiary/aromatic N) is 2. The summed E-state index contributed by atoms with van der Waals surface area (Å²) in [4.78, 5) is 8.07. The van der Waals surface area contributed by atoms with Crippen molar-refractivity contribution in [2.24, 2.45) is 0 Å². The van der Waals surface area contributed by atoms with Crippen LogP contribution in [0.15, 0.2) is 18.2 Å². The highest BCUT2D eigenvalue weighted by Gasteiger charge is 2.11. The Hall–Kier alpha value is -2.08. The van der Waals surface area contributed by atoms with Crippen molar-refractivity contribution >= 4 is 22.7 Å². The Morgan fingerprint density at radius 2 is 2.06 bits per heavy atom. The number of hydrogen-bond acceptors (Lipinski definition) is 6. The zero-order valence-corrected chi connectivity index (χ0v) is 10.4. The minimum atomic E-state index is -0.0856. The van der Waals surface area contributed by atoms with Gasteiger partial charge in [-0.1, -0.05) is 6.07 Å². The van der Waals surface area contributed by atoms with Gasteiger partial charge in [-0.15, -0.1) is 0 Å². The first-order valence-electron chi connectivity index (χ1n) is 5.59. The van der Waals surface area contributed by atoms with Gasteiger partial charge >= 0.3 is 0 Å². The number of nitrogens with two attached hydrogens (primary N) is 2. The SMILES string of the molecule is COCC(C)Oc1cccc2nc(N)nc(N)c12. The van der Waals surface area contributed by atoms with E-state index >= 15 is 0 Å². The molecule has 1 aromatic carbocycles. The molecule has 18 heavy (non-hydrogen) atoms. The van der Waals surface area contributed by atoms with E-state index in [4.69, 9.17) is 20.9 Å². The van der Waals surface area contributed by atoms with Crippen molar-refractivity contribution < 1.29 is 9.47 Å². The molecule has 0 aliphatic rings. The average molecular weight is 248 g/mol. The first-order chi connectivity index (χ1) is 8.61. The summed E-state index contributed by atoms with van der Waals surface area (Å²) < 4.78 is 10.8. The van der Waals surface area contributed by atoms with Crippen molar-refractivity contribution in [3.8, 4) is 5.75 Å². The topological polar surface area (TPSA) is 96.3 Å². The standard InChI is InChI=1S/C12H16N4O2/c1-7(6-17-2)18-9-5-3-4-8-10(9)11(13)16-12(14)15-8/h3-5,7H,6H2,1-2H3,(H4,13,14,15,16). The maximum Gasteiger partial charge on any atom is 0.222 e. The molecule has 0 saturated heterocycles. The molecule has 0 saturated carbocycles. The third-order valence-corrected chi connectivity index (χ3v) is 2.46. The van der Waals surface area contributed by atoms with Gasteiger partial charge in [-0.25, -0.2) is 4.98 Å². The van der Waals surface area contributed by atoms with E-state index in [9.17, 15) is 0 Å². The van der Waals surface area contributed by atoms with E-state index in [0.29, 0.717) is 29.1 Å². The second-order valence-corrected chi connectivity index (χ2v) is 4.00. The molecule has 0 fully saturated rings. The quantitative estimate of drug-likeness (QED) is 0.844. The molecular formula is C12H16N4O2. The van der Waals surface area contributed by atoms with Crippen LogP contribution < -0.4 is 16.2 Å². The molecule has 0 spiro atoms. The average Bonchev–Trinajstić information content (AvgIpc) is 2.28. The number of aromatic nitrogens is 2. The number of nitrogen functional groups attached to an aromatic ring is 2. The summed E-state index contributed by atoms with van der Waals surface area (Å²) in [7, 11) is 1.63. The lowest BCUT2D eigenvalue weighted by Gasteiger charge is -2.15. The summed E-state index contributed by atoms with van der Waals surface area (Å²) in [6.07, 6.45) is -0.0856. The van der Waals surface area contributed by atoms with Gasteiger partial charge in [-0.2, -0.15) is 4.98 Å². The Morgan fingerprint density at radius 1 is 1.28 bits per heavy atom. The van der Waals surface area contributed by atoms with Crippen molar-refractivity contribution in [3.63, 3.8) is 0 Å². The Bertz CT molecular complexity index is 559.